The lowest BCUT2D eigenvalue weighted by atomic mass is 9.14. The molecule has 0 bridgehead atoms. The molecule has 0 unspecified atom stereocenters. The first-order valence-corrected chi connectivity index (χ1v) is 17.4. The standard InChI is InChI=1S/C46H36B2N2/c1-7-21-37(22-8-1)47(38-23-9-2-10-24-38,39-25-11-3-12-26-39)45-35-19-33-43(49-45)44-34-20-36-46(50-44)48(40-27-13-4-14-28-40,41-29-15-5-16-30-41)42-31-17-6-18-32-42/h1-36H/q-2. The van der Waals surface area contributed by atoms with Gasteiger partial charge >= 0.3 is 0 Å². The molecular weight excluding hydrogens is 602 g/mol. The maximum Gasteiger partial charge on any atom is 0.128 e. The molecule has 0 atom stereocenters. The minimum absolute atomic E-state index is 0.845. The molecule has 8 aromatic rings. The van der Waals surface area contributed by atoms with Crippen molar-refractivity contribution in [3.63, 3.8) is 0 Å². The predicted molar refractivity (Wildman–Crippen MR) is 215 cm³/mol. The van der Waals surface area contributed by atoms with Gasteiger partial charge in [0.2, 0.25) is 0 Å². The van der Waals surface area contributed by atoms with E-state index in [4.69, 9.17) is 9.97 Å². The monoisotopic (exact) mass is 638 g/mol. The van der Waals surface area contributed by atoms with Gasteiger partial charge in [-0.15, -0.1) is 11.2 Å². The van der Waals surface area contributed by atoms with Crippen LogP contribution in [-0.2, 0) is 0 Å². The highest BCUT2D eigenvalue weighted by Gasteiger charge is 2.35. The summed E-state index contributed by atoms with van der Waals surface area (Å²) in [5.41, 5.74) is 11.0. The van der Waals surface area contributed by atoms with Gasteiger partial charge in [0.05, 0.1) is 11.4 Å². The van der Waals surface area contributed by atoms with Crippen LogP contribution in [0.1, 0.15) is 0 Å². The number of hydrogen-bond acceptors (Lipinski definition) is 2. The zero-order valence-corrected chi connectivity index (χ0v) is 27.8. The highest BCUT2D eigenvalue weighted by molar-refractivity contribution is 7.20. The SMILES string of the molecule is c1ccc([B-](c2ccccc2)(c2ccccc2)c2cccc(-c3cccc([B-](c4ccccc4)(c4ccccc4)c4ccccc4)n3)n2)cc1. The van der Waals surface area contributed by atoms with Crippen LogP contribution in [0, 0.1) is 0 Å². The molecule has 2 nitrogen and oxygen atoms in total. The summed E-state index contributed by atoms with van der Waals surface area (Å²) in [7, 11) is 0. The summed E-state index contributed by atoms with van der Waals surface area (Å²) in [4.78, 5) is 11.1. The van der Waals surface area contributed by atoms with Crippen molar-refractivity contribution < 1.29 is 0 Å². The highest BCUT2D eigenvalue weighted by atomic mass is 14.8. The third-order valence-corrected chi connectivity index (χ3v) is 10.5. The Labute approximate surface area is 295 Å². The molecule has 0 aliphatic heterocycles. The zero-order chi connectivity index (χ0) is 33.6. The summed E-state index contributed by atoms with van der Waals surface area (Å²) < 4.78 is 0. The van der Waals surface area contributed by atoms with Crippen LogP contribution in [0.15, 0.2) is 218 Å². The van der Waals surface area contributed by atoms with Crippen molar-refractivity contribution in [3.05, 3.63) is 218 Å². The van der Waals surface area contributed by atoms with E-state index in [1.807, 2.05) is 0 Å². The molecule has 0 aliphatic rings. The van der Waals surface area contributed by atoms with E-state index in [9.17, 15) is 0 Å². The average Bonchev–Trinajstić information content (AvgIpc) is 3.21. The van der Waals surface area contributed by atoms with Crippen LogP contribution >= 0.6 is 0 Å². The number of aromatic nitrogens is 2. The Morgan fingerprint density at radius 3 is 0.660 bits per heavy atom. The van der Waals surface area contributed by atoms with Crippen molar-refractivity contribution in [2.75, 3.05) is 0 Å². The molecule has 8 rings (SSSR count). The van der Waals surface area contributed by atoms with Gasteiger partial charge in [0.15, 0.2) is 0 Å². The fraction of sp³-hybridized carbons (Fsp3) is 0. The van der Waals surface area contributed by atoms with E-state index >= 15 is 0 Å². The minimum Gasteiger partial charge on any atom is -0.292 e. The Bertz CT molecular complexity index is 1940. The molecule has 6 aromatic carbocycles. The van der Waals surface area contributed by atoms with Gasteiger partial charge in [-0.3, -0.25) is 9.97 Å². The highest BCUT2D eigenvalue weighted by Crippen LogP contribution is 2.16. The Morgan fingerprint density at radius 2 is 0.440 bits per heavy atom. The Balaban J connectivity index is 1.37. The van der Waals surface area contributed by atoms with Crippen molar-refractivity contribution in [3.8, 4) is 11.4 Å². The molecule has 50 heavy (non-hydrogen) atoms. The molecule has 0 spiro atoms. The number of pyridine rings is 2. The molecule has 2 heterocycles. The quantitative estimate of drug-likeness (QED) is 0.211. The first-order valence-electron chi connectivity index (χ1n) is 17.4. The Morgan fingerprint density at radius 1 is 0.220 bits per heavy atom. The number of nitrogens with zero attached hydrogens (tertiary/aromatic N) is 2. The van der Waals surface area contributed by atoms with Crippen molar-refractivity contribution in [2.45, 2.75) is 0 Å². The van der Waals surface area contributed by atoms with Gasteiger partial charge in [0.1, 0.15) is 12.3 Å². The topological polar surface area (TPSA) is 25.8 Å². The fourth-order valence-electron chi connectivity index (χ4n) is 8.30. The molecule has 238 valence electrons. The number of hydrogen-bond donors (Lipinski definition) is 0. The van der Waals surface area contributed by atoms with E-state index in [0.717, 1.165) is 22.6 Å². The zero-order valence-electron chi connectivity index (χ0n) is 27.8. The van der Waals surface area contributed by atoms with Crippen LogP contribution in [0.4, 0.5) is 0 Å². The summed E-state index contributed by atoms with van der Waals surface area (Å²) in [6.45, 7) is 0. The molecular formula is C46H36B2N2-2. The summed E-state index contributed by atoms with van der Waals surface area (Å²) in [6, 6.07) is 77.8. The Hall–Kier alpha value is -6.25. The van der Waals surface area contributed by atoms with E-state index in [1.165, 1.54) is 32.8 Å². The fourth-order valence-corrected chi connectivity index (χ4v) is 8.30. The van der Waals surface area contributed by atoms with Crippen LogP contribution in [0.5, 0.6) is 0 Å². The smallest absolute Gasteiger partial charge is 0.128 e. The van der Waals surface area contributed by atoms with E-state index < -0.39 is 12.3 Å². The van der Waals surface area contributed by atoms with Gasteiger partial charge in [-0.05, 0) is 12.1 Å². The van der Waals surface area contributed by atoms with Gasteiger partial charge in [-0.2, -0.15) is 32.8 Å². The normalized spacial score (nSPS) is 11.6. The lowest BCUT2D eigenvalue weighted by Gasteiger charge is -2.43. The van der Waals surface area contributed by atoms with Crippen LogP contribution in [-0.4, -0.2) is 22.3 Å². The van der Waals surface area contributed by atoms with E-state index in [1.54, 1.807) is 0 Å². The lowest BCUT2D eigenvalue weighted by Crippen LogP contribution is -2.75. The molecule has 0 radical (unpaired) electrons. The molecule has 4 heteroatoms. The lowest BCUT2D eigenvalue weighted by molar-refractivity contribution is 1.29. The van der Waals surface area contributed by atoms with E-state index in [0.29, 0.717) is 0 Å². The average molecular weight is 638 g/mol. The molecule has 0 N–H and O–H groups in total. The van der Waals surface area contributed by atoms with E-state index in [-0.39, 0.29) is 0 Å². The first-order chi connectivity index (χ1) is 24.8. The predicted octanol–water partition coefficient (Wildman–Crippen LogP) is 4.90. The van der Waals surface area contributed by atoms with Crippen molar-refractivity contribution in [1.29, 1.82) is 0 Å². The molecule has 0 saturated carbocycles. The molecule has 0 aliphatic carbocycles. The number of benzene rings is 6. The summed E-state index contributed by atoms with van der Waals surface area (Å²) in [5, 5.41) is 0. The van der Waals surface area contributed by atoms with Gasteiger partial charge in [-0.25, -0.2) is 0 Å². The molecule has 0 fully saturated rings. The van der Waals surface area contributed by atoms with Crippen LogP contribution in [0.2, 0.25) is 0 Å². The van der Waals surface area contributed by atoms with Crippen LogP contribution < -0.4 is 44.0 Å². The van der Waals surface area contributed by atoms with Gasteiger partial charge in [0.25, 0.3) is 0 Å². The molecule has 0 saturated heterocycles. The van der Waals surface area contributed by atoms with Crippen molar-refractivity contribution >= 4 is 56.3 Å². The van der Waals surface area contributed by atoms with Gasteiger partial charge < -0.3 is 0 Å². The second-order valence-electron chi connectivity index (χ2n) is 13.1. The summed E-state index contributed by atoms with van der Waals surface area (Å²) in [5.74, 6) is 0. The third-order valence-electron chi connectivity index (χ3n) is 10.5. The number of rotatable bonds is 9. The van der Waals surface area contributed by atoms with Crippen LogP contribution in [0.3, 0.4) is 0 Å². The van der Waals surface area contributed by atoms with E-state index in [2.05, 4.69) is 218 Å². The second-order valence-corrected chi connectivity index (χ2v) is 13.1. The van der Waals surface area contributed by atoms with Crippen molar-refractivity contribution in [1.82, 2.24) is 9.97 Å². The largest absolute Gasteiger partial charge is 0.292 e. The van der Waals surface area contributed by atoms with Crippen molar-refractivity contribution in [2.24, 2.45) is 0 Å². The van der Waals surface area contributed by atoms with Gasteiger partial charge in [0, 0.05) is 0 Å². The Kier molecular flexibility index (Phi) is 8.51. The maximum absolute atomic E-state index is 5.56. The molecule has 2 aromatic heterocycles. The summed E-state index contributed by atoms with van der Waals surface area (Å²) in [6.07, 6.45) is -3.24. The van der Waals surface area contributed by atoms with Crippen LogP contribution in [0.25, 0.3) is 11.4 Å². The maximum atomic E-state index is 5.56. The van der Waals surface area contributed by atoms with Gasteiger partial charge in [-0.1, -0.05) is 206 Å². The first kappa shape index (κ1) is 31.0. The summed E-state index contributed by atoms with van der Waals surface area (Å²) >= 11 is 0. The minimum atomic E-state index is -1.62. The third kappa shape index (κ3) is 5.36. The second kappa shape index (κ2) is 13.7. The molecule has 0 amide bonds.